The number of hydrogen-bond acceptors (Lipinski definition) is 3. The van der Waals surface area contributed by atoms with Crippen molar-refractivity contribution in [2.45, 2.75) is 70.5 Å². The van der Waals surface area contributed by atoms with Gasteiger partial charge in [-0.05, 0) is 67.0 Å². The Bertz CT molecular complexity index is 1370. The van der Waals surface area contributed by atoms with E-state index in [0.717, 1.165) is 50.7 Å². The summed E-state index contributed by atoms with van der Waals surface area (Å²) < 4.78 is 125. The summed E-state index contributed by atoms with van der Waals surface area (Å²) in [6.07, 6.45) is -3.05. The minimum absolute atomic E-state index is 0.0119. The first-order valence-corrected chi connectivity index (χ1v) is 14.4. The monoisotopic (exact) mass is 628 g/mol. The Balaban J connectivity index is 1.36. The van der Waals surface area contributed by atoms with Crippen molar-refractivity contribution in [3.05, 3.63) is 90.2 Å². The molecule has 0 bridgehead atoms. The lowest BCUT2D eigenvalue weighted by Gasteiger charge is -2.33. The first-order valence-electron chi connectivity index (χ1n) is 14.4. The Morgan fingerprint density at radius 3 is 1.89 bits per heavy atom. The van der Waals surface area contributed by atoms with Gasteiger partial charge in [-0.25, -0.2) is 8.78 Å². The second kappa shape index (κ2) is 14.3. The molecule has 11 heteroatoms. The van der Waals surface area contributed by atoms with Gasteiger partial charge < -0.3 is 14.2 Å². The fraction of sp³-hybridized carbons (Fsp3) is 0.394. The second-order valence-corrected chi connectivity index (χ2v) is 10.8. The maximum absolute atomic E-state index is 14.9. The number of benzene rings is 3. The van der Waals surface area contributed by atoms with Crippen molar-refractivity contribution < 1.29 is 49.3 Å². The summed E-state index contributed by atoms with van der Waals surface area (Å²) in [4.78, 5) is 0. The minimum Gasteiger partial charge on any atom is -0.453 e. The summed E-state index contributed by atoms with van der Waals surface area (Å²) in [6, 6.07) is 11.3. The molecule has 0 aromatic heterocycles. The van der Waals surface area contributed by atoms with E-state index in [-0.39, 0.29) is 12.0 Å². The molecule has 4 rings (SSSR count). The van der Waals surface area contributed by atoms with Gasteiger partial charge in [0.1, 0.15) is 11.5 Å². The van der Waals surface area contributed by atoms with Gasteiger partial charge in [0, 0.05) is 12.1 Å². The average Bonchev–Trinajstić information content (AvgIpc) is 2.97. The minimum atomic E-state index is -4.03. The van der Waals surface area contributed by atoms with E-state index in [4.69, 9.17) is 4.74 Å². The molecule has 0 atom stereocenters. The van der Waals surface area contributed by atoms with Crippen molar-refractivity contribution in [3.63, 3.8) is 0 Å². The highest BCUT2D eigenvalue weighted by molar-refractivity contribution is 5.64. The van der Waals surface area contributed by atoms with Crippen LogP contribution in [0, 0.1) is 23.5 Å². The number of alkyl halides is 4. The van der Waals surface area contributed by atoms with Gasteiger partial charge in [0.25, 0.3) is 0 Å². The first kappa shape index (κ1) is 33.1. The standard InChI is InChI=1S/C33H32F8O3/c1-2-3-4-5-21-6-12-24(13-7-21)32(38,39)43-26-16-10-23(11-17-26)22-8-14-25(15-9-22)33(40,41)44-27-18-28(34)31(29(35)19-27)42-20-30(36)37/h8-11,14-21,24H,2-7,12-13H2,1H3. The fourth-order valence-electron chi connectivity index (χ4n) is 5.30. The first-order chi connectivity index (χ1) is 20.9. The van der Waals surface area contributed by atoms with E-state index < -0.39 is 52.9 Å². The summed E-state index contributed by atoms with van der Waals surface area (Å²) in [5.74, 6) is -5.55. The average molecular weight is 629 g/mol. The van der Waals surface area contributed by atoms with E-state index in [9.17, 15) is 35.1 Å². The van der Waals surface area contributed by atoms with Gasteiger partial charge in [0.2, 0.25) is 0 Å². The van der Waals surface area contributed by atoms with Crippen LogP contribution in [0.25, 0.3) is 11.1 Å². The van der Waals surface area contributed by atoms with Crippen molar-refractivity contribution in [1.29, 1.82) is 0 Å². The van der Waals surface area contributed by atoms with Crippen LogP contribution in [0.2, 0.25) is 0 Å². The summed E-state index contributed by atoms with van der Waals surface area (Å²) >= 11 is 0. The van der Waals surface area contributed by atoms with Crippen molar-refractivity contribution in [3.8, 4) is 28.4 Å². The third-order valence-electron chi connectivity index (χ3n) is 7.68. The zero-order valence-corrected chi connectivity index (χ0v) is 23.9. The maximum Gasteiger partial charge on any atom is 0.426 e. The van der Waals surface area contributed by atoms with Crippen molar-refractivity contribution >= 4 is 0 Å². The molecular formula is C33H32F8O3. The second-order valence-electron chi connectivity index (χ2n) is 10.8. The van der Waals surface area contributed by atoms with Gasteiger partial charge in [0.15, 0.2) is 23.6 Å². The Morgan fingerprint density at radius 2 is 1.34 bits per heavy atom. The fourth-order valence-corrected chi connectivity index (χ4v) is 5.30. The zero-order valence-electron chi connectivity index (χ0n) is 23.9. The Hall–Kier alpha value is -3.76. The van der Waals surface area contributed by atoms with Crippen LogP contribution in [0.1, 0.15) is 63.9 Å². The molecule has 0 saturated heterocycles. The van der Waals surface area contributed by atoms with E-state index >= 15 is 0 Å². The highest BCUT2D eigenvalue weighted by atomic mass is 19.3. The van der Waals surface area contributed by atoms with Crippen LogP contribution >= 0.6 is 0 Å². The number of halogens is 8. The smallest absolute Gasteiger partial charge is 0.426 e. The SMILES string of the molecule is CCCCCC1CCC(C(F)(F)Oc2ccc(-c3ccc(C(F)(F)Oc4cc(F)c(OC=C(F)F)c(F)c4)cc3)cc2)CC1. The molecular weight excluding hydrogens is 596 g/mol. The van der Waals surface area contributed by atoms with E-state index in [0.29, 0.717) is 42.0 Å². The molecule has 1 fully saturated rings. The molecule has 1 aliphatic carbocycles. The van der Waals surface area contributed by atoms with Gasteiger partial charge in [0.05, 0.1) is 11.5 Å². The normalized spacial score (nSPS) is 17.2. The number of rotatable bonds is 13. The summed E-state index contributed by atoms with van der Waals surface area (Å²) in [5.41, 5.74) is 0.378. The van der Waals surface area contributed by atoms with E-state index in [1.54, 1.807) is 0 Å². The number of ether oxygens (including phenoxy) is 3. The van der Waals surface area contributed by atoms with Crippen LogP contribution in [0.15, 0.2) is 73.0 Å². The van der Waals surface area contributed by atoms with Gasteiger partial charge in [-0.1, -0.05) is 56.9 Å². The van der Waals surface area contributed by atoms with Crippen molar-refractivity contribution in [2.24, 2.45) is 11.8 Å². The predicted octanol–water partition coefficient (Wildman–Crippen LogP) is 11.2. The largest absolute Gasteiger partial charge is 0.453 e. The molecule has 1 saturated carbocycles. The van der Waals surface area contributed by atoms with Gasteiger partial charge in [-0.2, -0.15) is 26.3 Å². The highest BCUT2D eigenvalue weighted by Gasteiger charge is 2.44. The molecule has 0 aliphatic heterocycles. The Labute approximate surface area is 250 Å². The van der Waals surface area contributed by atoms with Crippen LogP contribution in [0.5, 0.6) is 17.2 Å². The quantitative estimate of drug-likeness (QED) is 0.107. The molecule has 3 nitrogen and oxygen atoms in total. The lowest BCUT2D eigenvalue weighted by atomic mass is 9.79. The highest BCUT2D eigenvalue weighted by Crippen LogP contribution is 2.42. The van der Waals surface area contributed by atoms with Crippen LogP contribution in [-0.4, -0.2) is 6.11 Å². The molecule has 0 heterocycles. The lowest BCUT2D eigenvalue weighted by Crippen LogP contribution is -2.37. The molecule has 0 N–H and O–H groups in total. The molecule has 0 amide bonds. The third-order valence-corrected chi connectivity index (χ3v) is 7.68. The molecule has 1 aliphatic rings. The number of unbranched alkanes of at least 4 members (excludes halogenated alkanes) is 2. The van der Waals surface area contributed by atoms with Crippen LogP contribution in [0.4, 0.5) is 35.1 Å². The van der Waals surface area contributed by atoms with Crippen LogP contribution in [0.3, 0.4) is 0 Å². The zero-order chi connectivity index (χ0) is 31.9. The third kappa shape index (κ3) is 8.66. The molecule has 3 aromatic rings. The molecule has 44 heavy (non-hydrogen) atoms. The lowest BCUT2D eigenvalue weighted by molar-refractivity contribution is -0.223. The Morgan fingerprint density at radius 1 is 0.773 bits per heavy atom. The van der Waals surface area contributed by atoms with Crippen LogP contribution in [-0.2, 0) is 6.11 Å². The van der Waals surface area contributed by atoms with Gasteiger partial charge in [-0.15, -0.1) is 0 Å². The van der Waals surface area contributed by atoms with Crippen LogP contribution < -0.4 is 14.2 Å². The van der Waals surface area contributed by atoms with Crippen molar-refractivity contribution in [1.82, 2.24) is 0 Å². The maximum atomic E-state index is 14.9. The molecule has 238 valence electrons. The summed E-state index contributed by atoms with van der Waals surface area (Å²) in [7, 11) is 0. The molecule has 3 aromatic carbocycles. The van der Waals surface area contributed by atoms with Gasteiger partial charge in [-0.3, -0.25) is 0 Å². The van der Waals surface area contributed by atoms with Gasteiger partial charge >= 0.3 is 18.3 Å². The summed E-state index contributed by atoms with van der Waals surface area (Å²) in [6.45, 7) is 2.13. The topological polar surface area (TPSA) is 27.7 Å². The molecule has 0 spiro atoms. The van der Waals surface area contributed by atoms with E-state index in [2.05, 4.69) is 16.4 Å². The van der Waals surface area contributed by atoms with Crippen molar-refractivity contribution in [2.75, 3.05) is 0 Å². The Kier molecular flexibility index (Phi) is 10.8. The molecule has 0 radical (unpaired) electrons. The van der Waals surface area contributed by atoms with E-state index in [1.807, 2.05) is 0 Å². The number of hydrogen-bond donors (Lipinski definition) is 0. The predicted molar refractivity (Wildman–Crippen MR) is 149 cm³/mol. The molecule has 0 unspecified atom stereocenters. The van der Waals surface area contributed by atoms with E-state index in [1.165, 1.54) is 36.4 Å². The summed E-state index contributed by atoms with van der Waals surface area (Å²) in [5, 5.41) is 0.